The van der Waals surface area contributed by atoms with Gasteiger partial charge in [0.05, 0.1) is 6.61 Å². The molecule has 2 aromatic heterocycles. The van der Waals surface area contributed by atoms with Crippen LogP contribution in [0.1, 0.15) is 23.0 Å². The average molecular weight is 282 g/mol. The van der Waals surface area contributed by atoms with Crippen LogP contribution >= 0.6 is 22.7 Å². The van der Waals surface area contributed by atoms with Gasteiger partial charge in [0.15, 0.2) is 10.8 Å². The average Bonchev–Trinajstić information content (AvgIpc) is 3.00. The summed E-state index contributed by atoms with van der Waals surface area (Å²) in [5.41, 5.74) is 1.69. The summed E-state index contributed by atoms with van der Waals surface area (Å²) < 4.78 is 4.88. The third-order valence-corrected chi connectivity index (χ3v) is 3.79. The summed E-state index contributed by atoms with van der Waals surface area (Å²) in [6, 6.07) is 2.11. The highest BCUT2D eigenvalue weighted by molar-refractivity contribution is 7.13. The molecule has 2 heterocycles. The molecule has 0 unspecified atom stereocenters. The van der Waals surface area contributed by atoms with Crippen molar-refractivity contribution in [1.29, 1.82) is 0 Å². The molecule has 0 aliphatic rings. The first kappa shape index (κ1) is 13.0. The van der Waals surface area contributed by atoms with Gasteiger partial charge in [0, 0.05) is 11.9 Å². The molecule has 96 valence electrons. The van der Waals surface area contributed by atoms with E-state index in [9.17, 15) is 4.79 Å². The molecule has 4 nitrogen and oxygen atoms in total. The number of carbonyl (C=O) groups excluding carboxylic acids is 1. The number of ether oxygens (including phenoxy) is 1. The van der Waals surface area contributed by atoms with Crippen molar-refractivity contribution in [3.05, 3.63) is 33.5 Å². The number of nitrogens with one attached hydrogen (secondary N) is 1. The van der Waals surface area contributed by atoms with E-state index in [4.69, 9.17) is 4.74 Å². The Bertz CT molecular complexity index is 494. The van der Waals surface area contributed by atoms with Crippen LogP contribution in [0.5, 0.6) is 0 Å². The van der Waals surface area contributed by atoms with Gasteiger partial charge < -0.3 is 10.1 Å². The number of carbonyl (C=O) groups is 1. The fraction of sp³-hybridized carbons (Fsp3) is 0.333. The van der Waals surface area contributed by atoms with Gasteiger partial charge >= 0.3 is 5.97 Å². The molecule has 0 aromatic carbocycles. The molecule has 0 saturated heterocycles. The molecule has 1 N–H and O–H groups in total. The largest absolute Gasteiger partial charge is 0.461 e. The van der Waals surface area contributed by atoms with E-state index < -0.39 is 0 Å². The van der Waals surface area contributed by atoms with Crippen LogP contribution in [0.3, 0.4) is 0 Å². The second kappa shape index (κ2) is 6.51. The van der Waals surface area contributed by atoms with E-state index in [1.54, 1.807) is 23.6 Å². The van der Waals surface area contributed by atoms with Gasteiger partial charge in [0.25, 0.3) is 0 Å². The van der Waals surface area contributed by atoms with Crippen LogP contribution in [0.2, 0.25) is 0 Å². The maximum absolute atomic E-state index is 11.4. The molecule has 0 aliphatic heterocycles. The fourth-order valence-corrected chi connectivity index (χ4v) is 2.81. The number of esters is 1. The predicted molar refractivity (Wildman–Crippen MR) is 74.6 cm³/mol. The lowest BCUT2D eigenvalue weighted by molar-refractivity contribution is 0.0520. The number of aromatic nitrogens is 1. The van der Waals surface area contributed by atoms with E-state index in [0.717, 1.165) is 18.1 Å². The van der Waals surface area contributed by atoms with Gasteiger partial charge in [-0.25, -0.2) is 9.78 Å². The molecule has 0 atom stereocenters. The molecule has 0 fully saturated rings. The summed E-state index contributed by atoms with van der Waals surface area (Å²) in [5, 5.41) is 9.88. The van der Waals surface area contributed by atoms with Gasteiger partial charge in [-0.15, -0.1) is 11.3 Å². The zero-order valence-electron chi connectivity index (χ0n) is 10.0. The maximum atomic E-state index is 11.4. The summed E-state index contributed by atoms with van der Waals surface area (Å²) >= 11 is 3.12. The maximum Gasteiger partial charge on any atom is 0.357 e. The van der Waals surface area contributed by atoms with Gasteiger partial charge in [-0.1, -0.05) is 0 Å². The second-order valence-electron chi connectivity index (χ2n) is 3.57. The smallest absolute Gasteiger partial charge is 0.357 e. The lowest BCUT2D eigenvalue weighted by atomic mass is 10.2. The third kappa shape index (κ3) is 3.54. The van der Waals surface area contributed by atoms with Crippen LogP contribution < -0.4 is 5.32 Å². The molecular formula is C12H14N2O2S2. The molecule has 0 bridgehead atoms. The minimum atomic E-state index is -0.361. The summed E-state index contributed by atoms with van der Waals surface area (Å²) in [4.78, 5) is 15.6. The molecule has 6 heteroatoms. The number of nitrogens with zero attached hydrogens (tertiary/aromatic N) is 1. The van der Waals surface area contributed by atoms with Gasteiger partial charge in [-0.05, 0) is 35.7 Å². The van der Waals surface area contributed by atoms with E-state index in [-0.39, 0.29) is 5.97 Å². The Balaban J connectivity index is 1.81. The molecule has 0 amide bonds. The number of anilines is 1. The van der Waals surface area contributed by atoms with Gasteiger partial charge in [-0.2, -0.15) is 11.3 Å². The van der Waals surface area contributed by atoms with Crippen molar-refractivity contribution in [1.82, 2.24) is 4.98 Å². The number of rotatable bonds is 6. The quantitative estimate of drug-likeness (QED) is 0.827. The van der Waals surface area contributed by atoms with Crippen LogP contribution in [0.4, 0.5) is 5.13 Å². The molecule has 0 radical (unpaired) electrons. The Labute approximate surface area is 114 Å². The molecule has 0 aliphatic carbocycles. The van der Waals surface area contributed by atoms with Crippen LogP contribution in [-0.4, -0.2) is 24.1 Å². The highest BCUT2D eigenvalue weighted by atomic mass is 32.1. The summed E-state index contributed by atoms with van der Waals surface area (Å²) in [6.45, 7) is 2.97. The first-order valence-electron chi connectivity index (χ1n) is 5.67. The van der Waals surface area contributed by atoms with E-state index in [1.165, 1.54) is 16.9 Å². The van der Waals surface area contributed by atoms with Crippen LogP contribution in [0, 0.1) is 0 Å². The van der Waals surface area contributed by atoms with Crippen molar-refractivity contribution in [3.63, 3.8) is 0 Å². The molecule has 2 rings (SSSR count). The SMILES string of the molecule is CCOC(=O)c1csc(NCCc2ccsc2)n1. The zero-order chi connectivity index (χ0) is 12.8. The predicted octanol–water partition coefficient (Wildman–Crippen LogP) is 3.04. The monoisotopic (exact) mass is 282 g/mol. The summed E-state index contributed by atoms with van der Waals surface area (Å²) in [6.07, 6.45) is 0.956. The van der Waals surface area contributed by atoms with Crippen molar-refractivity contribution in [2.75, 3.05) is 18.5 Å². The number of hydrogen-bond acceptors (Lipinski definition) is 6. The van der Waals surface area contributed by atoms with Gasteiger partial charge in [0.2, 0.25) is 0 Å². The lowest BCUT2D eigenvalue weighted by Crippen LogP contribution is -2.07. The minimum Gasteiger partial charge on any atom is -0.461 e. The number of hydrogen-bond donors (Lipinski definition) is 1. The standard InChI is InChI=1S/C12H14N2O2S2/c1-2-16-11(15)10-8-18-12(14-10)13-5-3-9-4-6-17-7-9/h4,6-8H,2-3,5H2,1H3,(H,13,14). The minimum absolute atomic E-state index is 0.361. The Morgan fingerprint density at radius 3 is 3.11 bits per heavy atom. The zero-order valence-corrected chi connectivity index (χ0v) is 11.6. The van der Waals surface area contributed by atoms with E-state index in [2.05, 4.69) is 27.1 Å². The Morgan fingerprint density at radius 1 is 1.50 bits per heavy atom. The Hall–Kier alpha value is -1.40. The van der Waals surface area contributed by atoms with Crippen LogP contribution in [-0.2, 0) is 11.2 Å². The fourth-order valence-electron chi connectivity index (χ4n) is 1.40. The van der Waals surface area contributed by atoms with Gasteiger partial charge in [-0.3, -0.25) is 0 Å². The molecule has 0 saturated carbocycles. The molecule has 2 aromatic rings. The third-order valence-electron chi connectivity index (χ3n) is 2.26. The van der Waals surface area contributed by atoms with Crippen molar-refractivity contribution in [2.24, 2.45) is 0 Å². The second-order valence-corrected chi connectivity index (χ2v) is 5.20. The summed E-state index contributed by atoms with van der Waals surface area (Å²) in [5.74, 6) is -0.361. The molecular weight excluding hydrogens is 268 g/mol. The lowest BCUT2D eigenvalue weighted by Gasteiger charge is -2.00. The Kier molecular flexibility index (Phi) is 4.72. The van der Waals surface area contributed by atoms with Crippen molar-refractivity contribution in [2.45, 2.75) is 13.3 Å². The van der Waals surface area contributed by atoms with Crippen LogP contribution in [0.25, 0.3) is 0 Å². The molecule has 0 spiro atoms. The van der Waals surface area contributed by atoms with E-state index in [1.807, 2.05) is 0 Å². The first-order chi connectivity index (χ1) is 8.79. The number of thiazole rings is 1. The van der Waals surface area contributed by atoms with Crippen LogP contribution in [0.15, 0.2) is 22.2 Å². The number of thiophene rings is 1. The highest BCUT2D eigenvalue weighted by Crippen LogP contribution is 2.16. The van der Waals surface area contributed by atoms with Crippen molar-refractivity contribution >= 4 is 33.8 Å². The van der Waals surface area contributed by atoms with Crippen molar-refractivity contribution in [3.8, 4) is 0 Å². The van der Waals surface area contributed by atoms with E-state index >= 15 is 0 Å². The normalized spacial score (nSPS) is 10.3. The molecule has 18 heavy (non-hydrogen) atoms. The summed E-state index contributed by atoms with van der Waals surface area (Å²) in [7, 11) is 0. The first-order valence-corrected chi connectivity index (χ1v) is 7.49. The highest BCUT2D eigenvalue weighted by Gasteiger charge is 2.10. The Morgan fingerprint density at radius 2 is 2.39 bits per heavy atom. The van der Waals surface area contributed by atoms with Crippen molar-refractivity contribution < 1.29 is 9.53 Å². The topological polar surface area (TPSA) is 51.2 Å². The van der Waals surface area contributed by atoms with Gasteiger partial charge in [0.1, 0.15) is 0 Å². The van der Waals surface area contributed by atoms with E-state index in [0.29, 0.717) is 12.3 Å².